The average Bonchev–Trinajstić information content (AvgIpc) is 3.82. The molecule has 54 heavy (non-hydrogen) atoms. The molecule has 1 aliphatic carbocycles. The van der Waals surface area contributed by atoms with Crippen LogP contribution in [0.5, 0.6) is 0 Å². The van der Waals surface area contributed by atoms with Crippen LogP contribution in [-0.2, 0) is 6.42 Å². The van der Waals surface area contributed by atoms with Crippen molar-refractivity contribution < 1.29 is 4.42 Å². The Kier molecular flexibility index (Phi) is 7.13. The standard InChI is InChI=1S/C49H31N3OS/c1-3-11-31(12-4-1)38-26-25-37(45-41-16-7-9-17-42(41)53-46(38)45)33-21-19-30-20-22-34(28-36(30)27-33)48-50-47(32-13-5-2-6-14-32)51-49(52-48)35-23-24-40-39-15-8-10-18-43(39)54-44(40)29-35/h1-28,35H,29H2. The van der Waals surface area contributed by atoms with Gasteiger partial charge in [0.25, 0.3) is 0 Å². The molecular formula is C49H31N3OS. The minimum Gasteiger partial charge on any atom is -0.455 e. The van der Waals surface area contributed by atoms with Crippen LogP contribution < -0.4 is 0 Å². The highest BCUT2D eigenvalue weighted by atomic mass is 32.1. The number of furan rings is 1. The van der Waals surface area contributed by atoms with Gasteiger partial charge in [-0.3, -0.25) is 0 Å². The topological polar surface area (TPSA) is 51.8 Å². The Morgan fingerprint density at radius 3 is 2.04 bits per heavy atom. The van der Waals surface area contributed by atoms with E-state index < -0.39 is 0 Å². The van der Waals surface area contributed by atoms with Gasteiger partial charge in [-0.05, 0) is 75.2 Å². The van der Waals surface area contributed by atoms with Gasteiger partial charge in [0.1, 0.15) is 17.0 Å². The molecule has 0 N–H and O–H groups in total. The number of thiophene rings is 1. The van der Waals surface area contributed by atoms with Gasteiger partial charge in [0, 0.05) is 43.0 Å². The van der Waals surface area contributed by atoms with Crippen molar-refractivity contribution in [3.05, 3.63) is 180 Å². The van der Waals surface area contributed by atoms with Crippen molar-refractivity contribution in [1.29, 1.82) is 0 Å². The third-order valence-corrected chi connectivity index (χ3v) is 11.9. The first-order chi connectivity index (χ1) is 26.7. The summed E-state index contributed by atoms with van der Waals surface area (Å²) in [5.41, 5.74) is 9.54. The summed E-state index contributed by atoms with van der Waals surface area (Å²) in [6, 6.07) is 55.3. The molecular weight excluding hydrogens is 679 g/mol. The maximum absolute atomic E-state index is 6.58. The largest absolute Gasteiger partial charge is 0.455 e. The second kappa shape index (κ2) is 12.5. The van der Waals surface area contributed by atoms with E-state index in [-0.39, 0.29) is 5.92 Å². The van der Waals surface area contributed by atoms with Crippen LogP contribution in [0.15, 0.2) is 168 Å². The van der Waals surface area contributed by atoms with Gasteiger partial charge in [0.05, 0.1) is 0 Å². The second-order valence-electron chi connectivity index (χ2n) is 13.9. The summed E-state index contributed by atoms with van der Waals surface area (Å²) < 4.78 is 7.90. The number of hydrogen-bond donors (Lipinski definition) is 0. The molecule has 254 valence electrons. The Bertz CT molecular complexity index is 3090. The highest BCUT2D eigenvalue weighted by Crippen LogP contribution is 2.43. The zero-order valence-corrected chi connectivity index (χ0v) is 29.9. The smallest absolute Gasteiger partial charge is 0.163 e. The molecule has 0 amide bonds. The third kappa shape index (κ3) is 5.16. The average molecular weight is 710 g/mol. The molecule has 0 saturated heterocycles. The molecule has 0 bridgehead atoms. The molecule has 7 aromatic carbocycles. The molecule has 0 radical (unpaired) electrons. The van der Waals surface area contributed by atoms with Crippen molar-refractivity contribution in [1.82, 2.24) is 15.0 Å². The van der Waals surface area contributed by atoms with Crippen LogP contribution in [-0.4, -0.2) is 15.0 Å². The van der Waals surface area contributed by atoms with Gasteiger partial charge < -0.3 is 4.42 Å². The number of benzene rings is 7. The molecule has 0 saturated carbocycles. The van der Waals surface area contributed by atoms with Gasteiger partial charge in [-0.2, -0.15) is 0 Å². The first kappa shape index (κ1) is 30.9. The maximum Gasteiger partial charge on any atom is 0.163 e. The summed E-state index contributed by atoms with van der Waals surface area (Å²) in [6.07, 6.45) is 5.40. The van der Waals surface area contributed by atoms with E-state index in [0.29, 0.717) is 11.6 Å². The quantitative estimate of drug-likeness (QED) is 0.178. The molecule has 0 spiro atoms. The number of fused-ring (bicyclic) bond motifs is 7. The van der Waals surface area contributed by atoms with Crippen molar-refractivity contribution in [2.24, 2.45) is 0 Å². The summed E-state index contributed by atoms with van der Waals surface area (Å²) in [5.74, 6) is 2.21. The van der Waals surface area contributed by atoms with Crippen LogP contribution >= 0.6 is 11.3 Å². The third-order valence-electron chi connectivity index (χ3n) is 10.6. The maximum atomic E-state index is 6.58. The SMILES string of the molecule is C1=CC(c2nc(-c3ccccc3)nc(-c3ccc4ccc(-c5ccc(-c6ccccc6)c6oc7ccccc7c56)cc4c3)n2)Cc2sc3ccccc3c21. The first-order valence-electron chi connectivity index (χ1n) is 18.3. The Morgan fingerprint density at radius 1 is 0.537 bits per heavy atom. The number of nitrogens with zero attached hydrogens (tertiary/aromatic N) is 3. The van der Waals surface area contributed by atoms with Crippen molar-refractivity contribution in [3.63, 3.8) is 0 Å². The van der Waals surface area contributed by atoms with E-state index in [4.69, 9.17) is 19.4 Å². The van der Waals surface area contributed by atoms with Crippen LogP contribution in [0.25, 0.3) is 93.9 Å². The lowest BCUT2D eigenvalue weighted by Gasteiger charge is -2.17. The number of allylic oxidation sites excluding steroid dienone is 1. The van der Waals surface area contributed by atoms with E-state index in [1.165, 1.54) is 20.5 Å². The second-order valence-corrected chi connectivity index (χ2v) is 15.1. The fraction of sp³-hybridized carbons (Fsp3) is 0.0408. The predicted octanol–water partition coefficient (Wildman–Crippen LogP) is 13.2. The summed E-state index contributed by atoms with van der Waals surface area (Å²) in [4.78, 5) is 16.8. The minimum absolute atomic E-state index is 0.0490. The van der Waals surface area contributed by atoms with Crippen molar-refractivity contribution in [2.45, 2.75) is 12.3 Å². The molecule has 10 aromatic rings. The van der Waals surface area contributed by atoms with Crippen LogP contribution in [0.4, 0.5) is 0 Å². The van der Waals surface area contributed by atoms with Gasteiger partial charge >= 0.3 is 0 Å². The lowest BCUT2D eigenvalue weighted by molar-refractivity contribution is 0.670. The van der Waals surface area contributed by atoms with E-state index in [2.05, 4.69) is 140 Å². The molecule has 11 rings (SSSR count). The van der Waals surface area contributed by atoms with Crippen LogP contribution in [0, 0.1) is 0 Å². The summed E-state index contributed by atoms with van der Waals surface area (Å²) in [5, 5.41) is 5.83. The normalized spacial score (nSPS) is 14.0. The number of aromatic nitrogens is 3. The van der Waals surface area contributed by atoms with Gasteiger partial charge in [-0.25, -0.2) is 15.0 Å². The van der Waals surface area contributed by atoms with E-state index in [0.717, 1.165) is 78.3 Å². The Morgan fingerprint density at radius 2 is 1.20 bits per heavy atom. The Hall–Kier alpha value is -6.69. The molecule has 3 heterocycles. The lowest BCUT2D eigenvalue weighted by atomic mass is 9.93. The molecule has 0 aliphatic heterocycles. The van der Waals surface area contributed by atoms with Crippen molar-refractivity contribution in [3.8, 4) is 45.0 Å². The van der Waals surface area contributed by atoms with Crippen LogP contribution in [0.3, 0.4) is 0 Å². The Balaban J connectivity index is 1.03. The van der Waals surface area contributed by atoms with Crippen molar-refractivity contribution >= 4 is 60.2 Å². The molecule has 5 heteroatoms. The van der Waals surface area contributed by atoms with Gasteiger partial charge in [0.2, 0.25) is 0 Å². The van der Waals surface area contributed by atoms with Crippen molar-refractivity contribution in [2.75, 3.05) is 0 Å². The number of para-hydroxylation sites is 1. The number of hydrogen-bond acceptors (Lipinski definition) is 5. The molecule has 1 aliphatic rings. The van der Waals surface area contributed by atoms with E-state index in [1.54, 1.807) is 0 Å². The van der Waals surface area contributed by atoms with E-state index in [9.17, 15) is 0 Å². The van der Waals surface area contributed by atoms with Gasteiger partial charge in [-0.15, -0.1) is 11.3 Å². The molecule has 0 fully saturated rings. The molecule has 1 unspecified atom stereocenters. The van der Waals surface area contributed by atoms with Crippen LogP contribution in [0.1, 0.15) is 22.2 Å². The Labute approximate surface area is 315 Å². The lowest BCUT2D eigenvalue weighted by Crippen LogP contribution is -2.11. The zero-order valence-electron chi connectivity index (χ0n) is 29.1. The summed E-state index contributed by atoms with van der Waals surface area (Å²) in [7, 11) is 0. The zero-order chi connectivity index (χ0) is 35.6. The van der Waals surface area contributed by atoms with E-state index >= 15 is 0 Å². The van der Waals surface area contributed by atoms with Gasteiger partial charge in [-0.1, -0.05) is 140 Å². The highest BCUT2D eigenvalue weighted by Gasteiger charge is 2.24. The van der Waals surface area contributed by atoms with Gasteiger partial charge in [0.15, 0.2) is 11.6 Å². The fourth-order valence-corrected chi connectivity index (χ4v) is 9.23. The molecule has 1 atom stereocenters. The van der Waals surface area contributed by atoms with E-state index in [1.807, 2.05) is 41.7 Å². The monoisotopic (exact) mass is 709 g/mol. The predicted molar refractivity (Wildman–Crippen MR) is 224 cm³/mol. The summed E-state index contributed by atoms with van der Waals surface area (Å²) >= 11 is 1.87. The summed E-state index contributed by atoms with van der Waals surface area (Å²) in [6.45, 7) is 0. The number of rotatable bonds is 5. The van der Waals surface area contributed by atoms with Crippen LogP contribution in [0.2, 0.25) is 0 Å². The highest BCUT2D eigenvalue weighted by molar-refractivity contribution is 7.19. The molecule has 4 nitrogen and oxygen atoms in total. The molecule has 3 aromatic heterocycles. The fourth-order valence-electron chi connectivity index (χ4n) is 7.98. The first-order valence-corrected chi connectivity index (χ1v) is 19.1. The minimum atomic E-state index is 0.0490.